The van der Waals surface area contributed by atoms with Crippen molar-refractivity contribution in [3.63, 3.8) is 0 Å². The van der Waals surface area contributed by atoms with Crippen molar-refractivity contribution >= 4 is 11.8 Å². The summed E-state index contributed by atoms with van der Waals surface area (Å²) >= 11 is 0. The number of carbonyl (C=O) groups excluding carboxylic acids is 2. The monoisotopic (exact) mass is 605 g/mol. The molecule has 0 saturated carbocycles. The number of nitrogens with one attached hydrogen (secondary N) is 1. The SMILES string of the molecule is O=C(NCc1ccc(C2OC(CN3CCCC3CO)CC(c3ccc(CO)cc3)O2)cc1)C1CCCN1C(=O)C(F)(F)F. The Labute approximate surface area is 248 Å². The van der Waals surface area contributed by atoms with Crippen molar-refractivity contribution in [2.45, 2.75) is 82.0 Å². The van der Waals surface area contributed by atoms with Crippen molar-refractivity contribution < 1.29 is 42.4 Å². The number of ether oxygens (including phenoxy) is 2. The Morgan fingerprint density at radius 1 is 0.907 bits per heavy atom. The second kappa shape index (κ2) is 13.7. The van der Waals surface area contributed by atoms with Gasteiger partial charge in [0.2, 0.25) is 5.91 Å². The number of alkyl halides is 3. The number of hydrogen-bond donors (Lipinski definition) is 3. The minimum Gasteiger partial charge on any atom is -0.395 e. The predicted octanol–water partition coefficient (Wildman–Crippen LogP) is 3.35. The quantitative estimate of drug-likeness (QED) is 0.402. The maximum absolute atomic E-state index is 12.9. The molecule has 3 aliphatic heterocycles. The Morgan fingerprint density at radius 2 is 1.58 bits per heavy atom. The third-order valence-corrected chi connectivity index (χ3v) is 8.54. The van der Waals surface area contributed by atoms with Gasteiger partial charge in [0, 0.05) is 37.7 Å². The van der Waals surface area contributed by atoms with E-state index in [0.717, 1.165) is 41.6 Å². The summed E-state index contributed by atoms with van der Waals surface area (Å²) in [5.41, 5.74) is 3.28. The van der Waals surface area contributed by atoms with Crippen LogP contribution in [0.4, 0.5) is 13.2 Å². The average molecular weight is 606 g/mol. The number of hydrogen-bond acceptors (Lipinski definition) is 7. The molecule has 2 amide bonds. The van der Waals surface area contributed by atoms with Crippen LogP contribution in [-0.4, -0.2) is 82.4 Å². The fourth-order valence-corrected chi connectivity index (χ4v) is 6.18. The molecule has 5 atom stereocenters. The third-order valence-electron chi connectivity index (χ3n) is 8.54. The van der Waals surface area contributed by atoms with Crippen LogP contribution in [0.25, 0.3) is 0 Å². The summed E-state index contributed by atoms with van der Waals surface area (Å²) in [5.74, 6) is -2.60. The third kappa shape index (κ3) is 7.55. The molecule has 12 heteroatoms. The van der Waals surface area contributed by atoms with E-state index in [1.165, 1.54) is 0 Å². The Kier molecular flexibility index (Phi) is 10.0. The van der Waals surface area contributed by atoms with E-state index in [4.69, 9.17) is 9.47 Å². The zero-order chi connectivity index (χ0) is 30.6. The number of aliphatic hydroxyl groups is 2. The molecule has 0 spiro atoms. The first-order valence-corrected chi connectivity index (χ1v) is 14.8. The minimum absolute atomic E-state index is 0.0466. The molecule has 2 aromatic carbocycles. The van der Waals surface area contributed by atoms with Crippen LogP contribution < -0.4 is 5.32 Å². The van der Waals surface area contributed by atoms with Gasteiger partial charge in [-0.1, -0.05) is 48.5 Å². The number of benzene rings is 2. The highest BCUT2D eigenvalue weighted by atomic mass is 19.4. The molecule has 3 heterocycles. The molecule has 9 nitrogen and oxygen atoms in total. The molecule has 2 aromatic rings. The molecule has 234 valence electrons. The normalized spacial score (nSPS) is 26.5. The molecule has 3 fully saturated rings. The molecule has 0 radical (unpaired) electrons. The van der Waals surface area contributed by atoms with Gasteiger partial charge in [-0.05, 0) is 48.9 Å². The second-order valence-electron chi connectivity index (χ2n) is 11.4. The van der Waals surface area contributed by atoms with Crippen molar-refractivity contribution in [3.05, 3.63) is 70.8 Å². The molecule has 43 heavy (non-hydrogen) atoms. The Bertz CT molecular complexity index is 1240. The van der Waals surface area contributed by atoms with Crippen molar-refractivity contribution in [2.24, 2.45) is 0 Å². The molecule has 0 bridgehead atoms. The zero-order valence-electron chi connectivity index (χ0n) is 23.8. The first-order valence-electron chi connectivity index (χ1n) is 14.8. The lowest BCUT2D eigenvalue weighted by Crippen LogP contribution is -2.50. The van der Waals surface area contributed by atoms with E-state index >= 15 is 0 Å². The van der Waals surface area contributed by atoms with Gasteiger partial charge in [-0.2, -0.15) is 13.2 Å². The molecule has 0 aliphatic carbocycles. The van der Waals surface area contributed by atoms with Crippen LogP contribution in [0, 0.1) is 0 Å². The standard InChI is InChI=1S/C31H38F3N3O6/c32-31(33,34)30(41)37-14-2-4-26(37)28(40)35-16-20-5-11-23(12-6-20)29-42-25(17-36-13-1-3-24(36)19-39)15-27(43-29)22-9-7-21(18-38)8-10-22/h5-12,24-27,29,38-39H,1-4,13-19H2,(H,35,40). The van der Waals surface area contributed by atoms with Gasteiger partial charge < -0.3 is 29.9 Å². The summed E-state index contributed by atoms with van der Waals surface area (Å²) in [6.45, 7) is 1.61. The van der Waals surface area contributed by atoms with Crippen molar-refractivity contribution in [3.8, 4) is 0 Å². The summed E-state index contributed by atoms with van der Waals surface area (Å²) in [5, 5.41) is 21.9. The smallest absolute Gasteiger partial charge is 0.395 e. The van der Waals surface area contributed by atoms with Crippen LogP contribution in [0.5, 0.6) is 0 Å². The largest absolute Gasteiger partial charge is 0.471 e. The molecule has 3 aliphatic rings. The van der Waals surface area contributed by atoms with E-state index in [0.29, 0.717) is 24.3 Å². The lowest BCUT2D eigenvalue weighted by atomic mass is 9.99. The zero-order valence-corrected chi connectivity index (χ0v) is 23.8. The second-order valence-corrected chi connectivity index (χ2v) is 11.4. The van der Waals surface area contributed by atoms with Gasteiger partial charge in [0.1, 0.15) is 6.04 Å². The summed E-state index contributed by atoms with van der Waals surface area (Å²) < 4.78 is 51.6. The Morgan fingerprint density at radius 3 is 2.26 bits per heavy atom. The molecular formula is C31H38F3N3O6. The predicted molar refractivity (Wildman–Crippen MR) is 149 cm³/mol. The Hall–Kier alpha value is -3.03. The summed E-state index contributed by atoms with van der Waals surface area (Å²) in [7, 11) is 0. The highest BCUT2D eigenvalue weighted by Gasteiger charge is 2.47. The molecule has 3 N–H and O–H groups in total. The lowest BCUT2D eigenvalue weighted by Gasteiger charge is -2.38. The van der Waals surface area contributed by atoms with Gasteiger partial charge in [-0.3, -0.25) is 14.5 Å². The van der Waals surface area contributed by atoms with Crippen LogP contribution in [0.1, 0.15) is 66.8 Å². The molecule has 5 unspecified atom stereocenters. The highest BCUT2D eigenvalue weighted by Crippen LogP contribution is 2.39. The maximum Gasteiger partial charge on any atom is 0.471 e. The fourth-order valence-electron chi connectivity index (χ4n) is 6.18. The van der Waals surface area contributed by atoms with E-state index in [1.54, 1.807) is 12.1 Å². The van der Waals surface area contributed by atoms with Gasteiger partial charge >= 0.3 is 12.1 Å². The van der Waals surface area contributed by atoms with Crippen LogP contribution in [0.15, 0.2) is 48.5 Å². The van der Waals surface area contributed by atoms with E-state index in [9.17, 15) is 33.0 Å². The molecule has 3 saturated heterocycles. The van der Waals surface area contributed by atoms with Crippen molar-refractivity contribution in [1.82, 2.24) is 15.1 Å². The number of nitrogens with zero attached hydrogens (tertiary/aromatic N) is 2. The number of carbonyl (C=O) groups is 2. The van der Waals surface area contributed by atoms with Crippen molar-refractivity contribution in [1.29, 1.82) is 0 Å². The van der Waals surface area contributed by atoms with Crippen LogP contribution in [0.2, 0.25) is 0 Å². The fraction of sp³-hybridized carbons (Fsp3) is 0.548. The van der Waals surface area contributed by atoms with E-state index in [2.05, 4.69) is 10.2 Å². The number of likely N-dealkylation sites (tertiary alicyclic amines) is 2. The first kappa shape index (κ1) is 31.4. The van der Waals surface area contributed by atoms with E-state index < -0.39 is 30.3 Å². The van der Waals surface area contributed by atoms with Crippen LogP contribution in [0.3, 0.4) is 0 Å². The van der Waals surface area contributed by atoms with Gasteiger partial charge in [0.05, 0.1) is 25.4 Å². The van der Waals surface area contributed by atoms with E-state index in [1.807, 2.05) is 36.4 Å². The average Bonchev–Trinajstić information content (AvgIpc) is 3.69. The van der Waals surface area contributed by atoms with Gasteiger partial charge in [0.25, 0.3) is 0 Å². The lowest BCUT2D eigenvalue weighted by molar-refractivity contribution is -0.253. The van der Waals surface area contributed by atoms with E-state index in [-0.39, 0.29) is 51.0 Å². The molecule has 5 rings (SSSR count). The van der Waals surface area contributed by atoms with Gasteiger partial charge in [-0.25, -0.2) is 0 Å². The summed E-state index contributed by atoms with van der Waals surface area (Å²) in [4.78, 5) is 27.2. The van der Waals surface area contributed by atoms with Gasteiger partial charge in [0.15, 0.2) is 6.29 Å². The Balaban J connectivity index is 1.24. The topological polar surface area (TPSA) is 112 Å². The van der Waals surface area contributed by atoms with Crippen molar-refractivity contribution in [2.75, 3.05) is 26.2 Å². The summed E-state index contributed by atoms with van der Waals surface area (Å²) in [6, 6.07) is 13.9. The van der Waals surface area contributed by atoms with Crippen LogP contribution in [-0.2, 0) is 32.2 Å². The highest BCUT2D eigenvalue weighted by molar-refractivity contribution is 5.90. The first-order chi connectivity index (χ1) is 20.7. The summed E-state index contributed by atoms with van der Waals surface area (Å²) in [6.07, 6.45) is -2.96. The molecule has 0 aromatic heterocycles. The minimum atomic E-state index is -5.02. The number of rotatable bonds is 9. The number of amides is 2. The number of halogens is 3. The maximum atomic E-state index is 12.9. The molecular weight excluding hydrogens is 567 g/mol. The van der Waals surface area contributed by atoms with Crippen LogP contribution >= 0.6 is 0 Å². The number of aliphatic hydroxyl groups excluding tert-OH is 2. The van der Waals surface area contributed by atoms with Gasteiger partial charge in [-0.15, -0.1) is 0 Å².